The average molecular weight is 489 g/mol. The zero-order valence-electron chi connectivity index (χ0n) is 16.8. The Balaban J connectivity index is 1.33. The molecule has 0 saturated heterocycles. The minimum Gasteiger partial charge on any atom is -0.487 e. The average Bonchev–Trinajstić information content (AvgIpc) is 3.02. The summed E-state index contributed by atoms with van der Waals surface area (Å²) < 4.78 is 14.4. The number of aromatic nitrogens is 1. The van der Waals surface area contributed by atoms with Gasteiger partial charge in [-0.15, -0.1) is 0 Å². The second-order valence-corrected chi connectivity index (χ2v) is 9.52. The summed E-state index contributed by atoms with van der Waals surface area (Å²) in [5.41, 5.74) is 2.12. The lowest BCUT2D eigenvalue weighted by atomic mass is 10.1. The third-order valence-electron chi connectivity index (χ3n) is 5.55. The van der Waals surface area contributed by atoms with E-state index in [1.807, 2.05) is 61.1 Å². The van der Waals surface area contributed by atoms with E-state index >= 15 is 0 Å². The van der Waals surface area contributed by atoms with Crippen molar-refractivity contribution in [2.75, 3.05) is 0 Å². The number of hydrogen-bond acceptors (Lipinski definition) is 3. The predicted octanol–water partition coefficient (Wildman–Crippen LogP) is 6.10. The van der Waals surface area contributed by atoms with Crippen LogP contribution in [0.3, 0.4) is 0 Å². The van der Waals surface area contributed by atoms with Gasteiger partial charge in [0.05, 0.1) is 5.02 Å². The molecule has 2 atom stereocenters. The molecule has 1 fully saturated rings. The van der Waals surface area contributed by atoms with Gasteiger partial charge in [0.2, 0.25) is 0 Å². The van der Waals surface area contributed by atoms with E-state index in [2.05, 4.69) is 28.1 Å². The molecule has 0 amide bonds. The van der Waals surface area contributed by atoms with Gasteiger partial charge in [0, 0.05) is 22.3 Å². The molecule has 1 aliphatic rings. The van der Waals surface area contributed by atoms with Crippen molar-refractivity contribution in [1.82, 2.24) is 4.57 Å². The Morgan fingerprint density at radius 3 is 2.63 bits per heavy atom. The highest BCUT2D eigenvalue weighted by molar-refractivity contribution is 9.10. The van der Waals surface area contributed by atoms with Crippen molar-refractivity contribution in [3.63, 3.8) is 0 Å². The molecule has 1 aromatic heterocycles. The minimum absolute atomic E-state index is 0.186. The van der Waals surface area contributed by atoms with Gasteiger partial charge in [-0.1, -0.05) is 71.7 Å². The Labute approximate surface area is 189 Å². The normalized spacial score (nSPS) is 19.3. The van der Waals surface area contributed by atoms with E-state index in [1.165, 1.54) is 11.1 Å². The Morgan fingerprint density at radius 2 is 1.90 bits per heavy atom. The Kier molecular flexibility index (Phi) is 5.94. The molecule has 4 nitrogen and oxygen atoms in total. The molecule has 0 radical (unpaired) electrons. The lowest BCUT2D eigenvalue weighted by molar-refractivity contribution is -0.150. The third kappa shape index (κ3) is 4.57. The Bertz CT molecular complexity index is 1050. The van der Waals surface area contributed by atoms with Gasteiger partial charge in [0.25, 0.3) is 0 Å². The monoisotopic (exact) mass is 487 g/mol. The van der Waals surface area contributed by atoms with Crippen molar-refractivity contribution in [2.45, 2.75) is 33.1 Å². The van der Waals surface area contributed by atoms with E-state index < -0.39 is 0 Å². The molecule has 1 saturated carbocycles. The van der Waals surface area contributed by atoms with E-state index in [4.69, 9.17) is 21.1 Å². The summed E-state index contributed by atoms with van der Waals surface area (Å²) in [6.07, 6.45) is 4.52. The van der Waals surface area contributed by atoms with Crippen LogP contribution in [0.4, 0.5) is 0 Å². The number of halogens is 2. The van der Waals surface area contributed by atoms with E-state index in [9.17, 15) is 4.79 Å². The van der Waals surface area contributed by atoms with Gasteiger partial charge in [-0.05, 0) is 41.8 Å². The maximum Gasteiger partial charge on any atom is 0.315 e. The molecule has 0 N–H and O–H groups in total. The molecule has 6 heteroatoms. The molecule has 1 heterocycles. The zero-order chi connectivity index (χ0) is 21.3. The molecule has 30 heavy (non-hydrogen) atoms. The van der Waals surface area contributed by atoms with E-state index in [0.29, 0.717) is 10.8 Å². The summed E-state index contributed by atoms with van der Waals surface area (Å²) in [6.45, 7) is 4.19. The number of nitrogens with zero attached hydrogens (tertiary/aromatic N) is 1. The number of ether oxygens (including phenoxy) is 2. The highest BCUT2D eigenvalue weighted by atomic mass is 79.9. The fourth-order valence-corrected chi connectivity index (χ4v) is 4.40. The number of rotatable bonds is 7. The van der Waals surface area contributed by atoms with Crippen LogP contribution >= 0.6 is 27.5 Å². The number of carbonyl (C=O) groups is 1. The summed E-state index contributed by atoms with van der Waals surface area (Å²) in [6, 6.07) is 17.8. The van der Waals surface area contributed by atoms with Crippen LogP contribution in [0, 0.1) is 11.3 Å². The van der Waals surface area contributed by atoms with Crippen LogP contribution in [-0.4, -0.2) is 16.6 Å². The van der Waals surface area contributed by atoms with Crippen molar-refractivity contribution >= 4 is 33.5 Å². The summed E-state index contributed by atoms with van der Waals surface area (Å²) in [5, 5.41) is 0.512. The van der Waals surface area contributed by atoms with Gasteiger partial charge in [-0.2, -0.15) is 0 Å². The molecule has 156 valence electrons. The Hall–Kier alpha value is -2.24. The lowest BCUT2D eigenvalue weighted by Gasteiger charge is -2.09. The quantitative estimate of drug-likeness (QED) is 0.377. The molecule has 0 spiro atoms. The summed E-state index contributed by atoms with van der Waals surface area (Å²) >= 11 is 9.63. The molecule has 2 unspecified atom stereocenters. The minimum atomic E-state index is -0.323. The summed E-state index contributed by atoms with van der Waals surface area (Å²) in [7, 11) is 0. The largest absolute Gasteiger partial charge is 0.487 e. The first kappa shape index (κ1) is 21.0. The van der Waals surface area contributed by atoms with Gasteiger partial charge in [0.15, 0.2) is 6.73 Å². The molecule has 0 bridgehead atoms. The van der Waals surface area contributed by atoms with Crippen LogP contribution in [-0.2, 0) is 22.7 Å². The second kappa shape index (κ2) is 8.48. The highest BCUT2D eigenvalue weighted by Gasteiger charge is 2.65. The third-order valence-corrected chi connectivity index (χ3v) is 6.34. The molecule has 0 aliphatic heterocycles. The summed E-state index contributed by atoms with van der Waals surface area (Å²) in [5.74, 6) is -0.00249. The topological polar surface area (TPSA) is 40.5 Å². The van der Waals surface area contributed by atoms with Crippen LogP contribution in [0.5, 0.6) is 5.75 Å². The van der Waals surface area contributed by atoms with Crippen molar-refractivity contribution in [2.24, 2.45) is 11.3 Å². The van der Waals surface area contributed by atoms with Gasteiger partial charge < -0.3 is 14.0 Å². The fraction of sp³-hybridized carbons (Fsp3) is 0.292. The van der Waals surface area contributed by atoms with Crippen LogP contribution in [0.25, 0.3) is 0 Å². The maximum atomic E-state index is 12.7. The number of esters is 1. The first-order chi connectivity index (χ1) is 14.3. The first-order valence-corrected chi connectivity index (χ1v) is 11.0. The number of hydrogen-bond donors (Lipinski definition) is 0. The molecule has 3 aromatic rings. The fourth-order valence-electron chi connectivity index (χ4n) is 3.68. The highest BCUT2D eigenvalue weighted by Crippen LogP contribution is 2.55. The predicted molar refractivity (Wildman–Crippen MR) is 121 cm³/mol. The SMILES string of the molecule is CC1(C)C(Oc2ccc(Br)cc2Cl)C1C(=O)OCn1ccc(Cc2ccccc2)c1. The standard InChI is InChI=1S/C24H23BrClNO3/c1-24(2)21(22(24)30-20-9-8-18(25)13-19(20)26)23(28)29-15-27-11-10-17(14-27)12-16-6-4-3-5-7-16/h3-11,13-14,21-22H,12,15H2,1-2H3. The maximum absolute atomic E-state index is 12.7. The zero-order valence-corrected chi connectivity index (χ0v) is 19.2. The van der Waals surface area contributed by atoms with E-state index in [-0.39, 0.29) is 30.1 Å². The molecular weight excluding hydrogens is 466 g/mol. The van der Waals surface area contributed by atoms with Gasteiger partial charge >= 0.3 is 5.97 Å². The molecular formula is C24H23BrClNO3. The van der Waals surface area contributed by atoms with Crippen molar-refractivity contribution in [3.05, 3.63) is 87.6 Å². The van der Waals surface area contributed by atoms with Crippen LogP contribution in [0.15, 0.2) is 71.5 Å². The van der Waals surface area contributed by atoms with Gasteiger partial charge in [-0.3, -0.25) is 4.79 Å². The molecule has 2 aromatic carbocycles. The first-order valence-electron chi connectivity index (χ1n) is 9.81. The molecule has 1 aliphatic carbocycles. The molecule has 4 rings (SSSR count). The van der Waals surface area contributed by atoms with Crippen LogP contribution in [0.2, 0.25) is 5.02 Å². The van der Waals surface area contributed by atoms with Gasteiger partial charge in [-0.25, -0.2) is 0 Å². The smallest absolute Gasteiger partial charge is 0.315 e. The van der Waals surface area contributed by atoms with Crippen molar-refractivity contribution in [1.29, 1.82) is 0 Å². The van der Waals surface area contributed by atoms with Crippen LogP contribution < -0.4 is 4.74 Å². The van der Waals surface area contributed by atoms with Crippen molar-refractivity contribution in [3.8, 4) is 5.75 Å². The number of benzene rings is 2. The second-order valence-electron chi connectivity index (χ2n) is 8.20. The van der Waals surface area contributed by atoms with E-state index in [0.717, 1.165) is 10.9 Å². The van der Waals surface area contributed by atoms with Gasteiger partial charge in [0.1, 0.15) is 17.8 Å². The van der Waals surface area contributed by atoms with Crippen molar-refractivity contribution < 1.29 is 14.3 Å². The lowest BCUT2D eigenvalue weighted by Crippen LogP contribution is -2.14. The Morgan fingerprint density at radius 1 is 1.13 bits per heavy atom. The van der Waals surface area contributed by atoms with E-state index in [1.54, 1.807) is 12.1 Å². The number of carbonyl (C=O) groups excluding carboxylic acids is 1. The van der Waals surface area contributed by atoms with Crippen LogP contribution in [0.1, 0.15) is 25.0 Å². The summed E-state index contributed by atoms with van der Waals surface area (Å²) in [4.78, 5) is 12.7.